The molecule has 5 nitrogen and oxygen atoms in total. The first kappa shape index (κ1) is 10.3. The number of aliphatic hydroxyl groups is 2. The number of aliphatic hydroxyl groups excluding tert-OH is 2. The first-order chi connectivity index (χ1) is 6.57. The third-order valence-electron chi connectivity index (χ3n) is 2.61. The fraction of sp³-hybridized carbons (Fsp3) is 1.00. The SMILES string of the molecule is CC1(C)O[C@@H]2[C@H](O1)[C@@H](CO)O[C@@H]2CO. The molecule has 2 saturated heterocycles. The zero-order valence-corrected chi connectivity index (χ0v) is 8.34. The van der Waals surface area contributed by atoms with Gasteiger partial charge in [-0.2, -0.15) is 0 Å². The zero-order chi connectivity index (χ0) is 10.3. The number of hydrogen-bond donors (Lipinski definition) is 2. The first-order valence-corrected chi connectivity index (χ1v) is 4.80. The lowest BCUT2D eigenvalue weighted by Crippen LogP contribution is -2.32. The second kappa shape index (κ2) is 3.43. The molecule has 0 unspecified atom stereocenters. The van der Waals surface area contributed by atoms with E-state index in [0.29, 0.717) is 0 Å². The lowest BCUT2D eigenvalue weighted by Gasteiger charge is -2.22. The average molecular weight is 204 g/mol. The second-order valence-corrected chi connectivity index (χ2v) is 4.14. The summed E-state index contributed by atoms with van der Waals surface area (Å²) in [7, 11) is 0. The van der Waals surface area contributed by atoms with Crippen molar-refractivity contribution < 1.29 is 24.4 Å². The van der Waals surface area contributed by atoms with E-state index in [-0.39, 0.29) is 37.6 Å². The molecule has 0 aliphatic carbocycles. The minimum Gasteiger partial charge on any atom is -0.394 e. The van der Waals surface area contributed by atoms with E-state index in [2.05, 4.69) is 0 Å². The van der Waals surface area contributed by atoms with Crippen LogP contribution in [-0.2, 0) is 14.2 Å². The van der Waals surface area contributed by atoms with Crippen molar-refractivity contribution in [3.05, 3.63) is 0 Å². The Morgan fingerprint density at radius 1 is 1.00 bits per heavy atom. The lowest BCUT2D eigenvalue weighted by molar-refractivity contribution is -0.193. The molecule has 0 saturated carbocycles. The van der Waals surface area contributed by atoms with E-state index >= 15 is 0 Å². The van der Waals surface area contributed by atoms with Crippen molar-refractivity contribution in [1.82, 2.24) is 0 Å². The van der Waals surface area contributed by atoms with Gasteiger partial charge in [-0.25, -0.2) is 0 Å². The van der Waals surface area contributed by atoms with Crippen LogP contribution in [0.5, 0.6) is 0 Å². The Kier molecular flexibility index (Phi) is 2.53. The summed E-state index contributed by atoms with van der Waals surface area (Å²) in [6, 6.07) is 0. The lowest BCUT2D eigenvalue weighted by atomic mass is 10.1. The number of fused-ring (bicyclic) bond motifs is 1. The van der Waals surface area contributed by atoms with E-state index in [1.54, 1.807) is 0 Å². The molecule has 0 amide bonds. The predicted octanol–water partition coefficient (Wildman–Crippen LogP) is -0.742. The second-order valence-electron chi connectivity index (χ2n) is 4.14. The molecule has 2 heterocycles. The zero-order valence-electron chi connectivity index (χ0n) is 8.34. The van der Waals surface area contributed by atoms with Gasteiger partial charge in [0.25, 0.3) is 0 Å². The summed E-state index contributed by atoms with van der Waals surface area (Å²) in [5, 5.41) is 18.1. The molecule has 0 bridgehead atoms. The van der Waals surface area contributed by atoms with E-state index in [9.17, 15) is 0 Å². The van der Waals surface area contributed by atoms with Crippen LogP contribution in [-0.4, -0.2) is 53.6 Å². The third-order valence-corrected chi connectivity index (χ3v) is 2.61. The quantitative estimate of drug-likeness (QED) is 0.620. The van der Waals surface area contributed by atoms with Gasteiger partial charge in [0.2, 0.25) is 0 Å². The highest BCUT2D eigenvalue weighted by atomic mass is 16.8. The Morgan fingerprint density at radius 2 is 1.43 bits per heavy atom. The van der Waals surface area contributed by atoms with Crippen molar-refractivity contribution >= 4 is 0 Å². The van der Waals surface area contributed by atoms with Gasteiger partial charge >= 0.3 is 0 Å². The van der Waals surface area contributed by atoms with Crippen LogP contribution < -0.4 is 0 Å². The topological polar surface area (TPSA) is 68.2 Å². The summed E-state index contributed by atoms with van der Waals surface area (Å²) in [6.07, 6.45) is -1.32. The summed E-state index contributed by atoms with van der Waals surface area (Å²) < 4.78 is 16.5. The standard InChI is InChI=1S/C9H16O5/c1-9(2)13-7-5(3-10)12-6(4-11)8(7)14-9/h5-8,10-11H,3-4H2,1-2H3/t5-,6-,7-,8+/m1/s1. The number of rotatable bonds is 2. The predicted molar refractivity (Wildman–Crippen MR) is 46.7 cm³/mol. The summed E-state index contributed by atoms with van der Waals surface area (Å²) >= 11 is 0. The van der Waals surface area contributed by atoms with Crippen LogP contribution in [0.15, 0.2) is 0 Å². The van der Waals surface area contributed by atoms with Crippen LogP contribution >= 0.6 is 0 Å². The van der Waals surface area contributed by atoms with Crippen LogP contribution in [0.4, 0.5) is 0 Å². The van der Waals surface area contributed by atoms with Crippen molar-refractivity contribution in [3.63, 3.8) is 0 Å². The average Bonchev–Trinajstić information content (AvgIpc) is 2.57. The van der Waals surface area contributed by atoms with Crippen molar-refractivity contribution in [2.45, 2.75) is 44.1 Å². The minimum atomic E-state index is -0.653. The molecular weight excluding hydrogens is 188 g/mol. The highest BCUT2D eigenvalue weighted by Gasteiger charge is 2.54. The molecule has 5 heteroatoms. The third kappa shape index (κ3) is 1.55. The van der Waals surface area contributed by atoms with Crippen molar-refractivity contribution in [2.75, 3.05) is 13.2 Å². The molecule has 0 aromatic heterocycles. The Labute approximate surface area is 82.6 Å². The summed E-state index contributed by atoms with van der Waals surface area (Å²) in [5.74, 6) is -0.653. The molecule has 2 rings (SSSR count). The van der Waals surface area contributed by atoms with Gasteiger partial charge in [0.15, 0.2) is 5.79 Å². The summed E-state index contributed by atoms with van der Waals surface area (Å²) in [4.78, 5) is 0. The van der Waals surface area contributed by atoms with E-state index in [1.165, 1.54) is 0 Å². The maximum absolute atomic E-state index is 9.05. The van der Waals surface area contributed by atoms with Crippen molar-refractivity contribution in [3.8, 4) is 0 Å². The number of hydrogen-bond acceptors (Lipinski definition) is 5. The number of ether oxygens (including phenoxy) is 3. The Balaban J connectivity index is 2.12. The fourth-order valence-electron chi connectivity index (χ4n) is 2.07. The molecule has 2 aliphatic heterocycles. The molecule has 2 fully saturated rings. The van der Waals surface area contributed by atoms with Gasteiger partial charge in [-0.05, 0) is 13.8 Å². The summed E-state index contributed by atoms with van der Waals surface area (Å²) in [5.41, 5.74) is 0. The normalized spacial score (nSPS) is 45.4. The van der Waals surface area contributed by atoms with Gasteiger partial charge in [-0.15, -0.1) is 0 Å². The summed E-state index contributed by atoms with van der Waals surface area (Å²) in [6.45, 7) is 3.40. The first-order valence-electron chi connectivity index (χ1n) is 4.80. The highest BCUT2D eigenvalue weighted by Crippen LogP contribution is 2.38. The molecular formula is C9H16O5. The molecule has 2 aliphatic rings. The maximum atomic E-state index is 9.05. The minimum absolute atomic E-state index is 0.114. The fourth-order valence-corrected chi connectivity index (χ4v) is 2.07. The molecule has 0 aromatic carbocycles. The van der Waals surface area contributed by atoms with Gasteiger partial charge in [0.1, 0.15) is 24.4 Å². The Hall–Kier alpha value is -0.200. The highest BCUT2D eigenvalue weighted by molar-refractivity contribution is 4.97. The van der Waals surface area contributed by atoms with E-state index in [1.807, 2.05) is 13.8 Å². The van der Waals surface area contributed by atoms with Crippen molar-refractivity contribution in [2.24, 2.45) is 0 Å². The van der Waals surface area contributed by atoms with E-state index in [4.69, 9.17) is 24.4 Å². The van der Waals surface area contributed by atoms with Gasteiger partial charge in [-0.3, -0.25) is 0 Å². The van der Waals surface area contributed by atoms with Gasteiger partial charge in [0.05, 0.1) is 13.2 Å². The molecule has 82 valence electrons. The Morgan fingerprint density at radius 3 is 1.79 bits per heavy atom. The molecule has 0 aromatic rings. The maximum Gasteiger partial charge on any atom is 0.164 e. The monoisotopic (exact) mass is 204 g/mol. The van der Waals surface area contributed by atoms with E-state index < -0.39 is 5.79 Å². The molecule has 14 heavy (non-hydrogen) atoms. The van der Waals surface area contributed by atoms with Crippen LogP contribution in [0.25, 0.3) is 0 Å². The Bertz CT molecular complexity index is 197. The van der Waals surface area contributed by atoms with Gasteiger partial charge in [0, 0.05) is 0 Å². The van der Waals surface area contributed by atoms with Gasteiger partial charge in [-0.1, -0.05) is 0 Å². The van der Waals surface area contributed by atoms with Crippen LogP contribution in [0, 0.1) is 0 Å². The van der Waals surface area contributed by atoms with Crippen LogP contribution in [0.3, 0.4) is 0 Å². The van der Waals surface area contributed by atoms with Gasteiger partial charge < -0.3 is 24.4 Å². The molecule has 0 radical (unpaired) electrons. The largest absolute Gasteiger partial charge is 0.394 e. The van der Waals surface area contributed by atoms with Crippen molar-refractivity contribution in [1.29, 1.82) is 0 Å². The smallest absolute Gasteiger partial charge is 0.164 e. The molecule has 4 atom stereocenters. The molecule has 2 N–H and O–H groups in total. The van der Waals surface area contributed by atoms with E-state index in [0.717, 1.165) is 0 Å². The van der Waals surface area contributed by atoms with Crippen LogP contribution in [0.2, 0.25) is 0 Å². The van der Waals surface area contributed by atoms with Crippen LogP contribution in [0.1, 0.15) is 13.8 Å². The molecule has 0 spiro atoms.